The Bertz CT molecular complexity index is 577. The molecule has 2 rings (SSSR count). The Labute approximate surface area is 128 Å². The summed E-state index contributed by atoms with van der Waals surface area (Å²) in [5.41, 5.74) is 1.75. The molecular weight excluding hydrogens is 292 g/mol. The molecule has 0 amide bonds. The van der Waals surface area contributed by atoms with E-state index < -0.39 is 0 Å². The number of para-hydroxylation sites is 1. The van der Waals surface area contributed by atoms with Crippen molar-refractivity contribution < 1.29 is 5.11 Å². The molecule has 2 N–H and O–H groups in total. The monoisotopic (exact) mass is 306 g/mol. The van der Waals surface area contributed by atoms with Crippen LogP contribution in [0, 0.1) is 0 Å². The summed E-state index contributed by atoms with van der Waals surface area (Å²) in [6.07, 6.45) is 0. The van der Waals surface area contributed by atoms with E-state index in [2.05, 4.69) is 5.32 Å². The molecule has 0 saturated heterocycles. The van der Waals surface area contributed by atoms with Crippen molar-refractivity contribution in [3.63, 3.8) is 0 Å². The van der Waals surface area contributed by atoms with E-state index in [1.165, 1.54) is 0 Å². The topological polar surface area (TPSA) is 35.5 Å². The molecule has 0 aliphatic carbocycles. The lowest BCUT2D eigenvalue weighted by Crippen LogP contribution is -2.36. The first-order valence-electron chi connectivity index (χ1n) is 6.20. The van der Waals surface area contributed by atoms with Crippen molar-refractivity contribution in [2.24, 2.45) is 0 Å². The fraction of sp³-hybridized carbons (Fsp3) is 0.133. The second-order valence-corrected chi connectivity index (χ2v) is 4.97. The van der Waals surface area contributed by atoms with Crippen molar-refractivity contribution in [1.82, 2.24) is 0 Å². The van der Waals surface area contributed by atoms with Crippen LogP contribution >= 0.6 is 23.8 Å². The van der Waals surface area contributed by atoms with Crippen LogP contribution in [0.15, 0.2) is 54.6 Å². The summed E-state index contributed by atoms with van der Waals surface area (Å²) in [6.45, 7) is 0.447. The van der Waals surface area contributed by atoms with Gasteiger partial charge in [0, 0.05) is 22.9 Å². The van der Waals surface area contributed by atoms with Gasteiger partial charge < -0.3 is 15.3 Å². The molecule has 0 aliphatic heterocycles. The van der Waals surface area contributed by atoms with Gasteiger partial charge in [-0.3, -0.25) is 0 Å². The van der Waals surface area contributed by atoms with Crippen LogP contribution in [0.3, 0.4) is 0 Å². The second-order valence-electron chi connectivity index (χ2n) is 4.15. The highest BCUT2D eigenvalue weighted by atomic mass is 35.5. The normalized spacial score (nSPS) is 10.1. The van der Waals surface area contributed by atoms with Gasteiger partial charge in [-0.05, 0) is 42.5 Å². The Balaban J connectivity index is 2.15. The molecule has 0 saturated carbocycles. The number of hydrogen-bond donors (Lipinski definition) is 2. The summed E-state index contributed by atoms with van der Waals surface area (Å²) in [4.78, 5) is 1.84. The van der Waals surface area contributed by atoms with E-state index in [9.17, 15) is 5.11 Å². The third-order valence-electron chi connectivity index (χ3n) is 2.71. The molecule has 0 fully saturated rings. The highest BCUT2D eigenvalue weighted by Gasteiger charge is 2.11. The maximum absolute atomic E-state index is 9.21. The van der Waals surface area contributed by atoms with E-state index in [0.717, 1.165) is 11.4 Å². The predicted octanol–water partition coefficient (Wildman–Crippen LogP) is 3.54. The highest BCUT2D eigenvalue weighted by molar-refractivity contribution is 7.80. The molecule has 5 heteroatoms. The molecule has 0 unspecified atom stereocenters. The zero-order valence-electron chi connectivity index (χ0n) is 10.8. The van der Waals surface area contributed by atoms with Crippen LogP contribution in [-0.4, -0.2) is 23.4 Å². The van der Waals surface area contributed by atoms with Gasteiger partial charge in [0.15, 0.2) is 5.11 Å². The number of thiocarbonyl (C=S) groups is 1. The molecule has 0 spiro atoms. The molecule has 0 bridgehead atoms. The van der Waals surface area contributed by atoms with E-state index in [0.29, 0.717) is 16.7 Å². The summed E-state index contributed by atoms with van der Waals surface area (Å²) < 4.78 is 0. The number of nitrogens with zero attached hydrogens (tertiary/aromatic N) is 1. The molecule has 0 radical (unpaired) electrons. The van der Waals surface area contributed by atoms with Crippen molar-refractivity contribution in [3.8, 4) is 0 Å². The van der Waals surface area contributed by atoms with Gasteiger partial charge in [0.05, 0.1) is 6.61 Å². The average Bonchev–Trinajstić information content (AvgIpc) is 2.45. The highest BCUT2D eigenvalue weighted by Crippen LogP contribution is 2.18. The minimum Gasteiger partial charge on any atom is -0.395 e. The lowest BCUT2D eigenvalue weighted by atomic mass is 10.3. The van der Waals surface area contributed by atoms with E-state index in [4.69, 9.17) is 23.8 Å². The summed E-state index contributed by atoms with van der Waals surface area (Å²) in [5.74, 6) is 0. The summed E-state index contributed by atoms with van der Waals surface area (Å²) in [6, 6.07) is 17.0. The van der Waals surface area contributed by atoms with Gasteiger partial charge in [-0.15, -0.1) is 0 Å². The molecule has 0 aliphatic rings. The zero-order chi connectivity index (χ0) is 14.4. The number of rotatable bonds is 4. The minimum absolute atomic E-state index is 0.0201. The molecule has 3 nitrogen and oxygen atoms in total. The van der Waals surface area contributed by atoms with Crippen LogP contribution in [0.2, 0.25) is 5.02 Å². The van der Waals surface area contributed by atoms with Gasteiger partial charge in [-0.25, -0.2) is 0 Å². The van der Waals surface area contributed by atoms with Crippen molar-refractivity contribution in [3.05, 3.63) is 59.6 Å². The standard InChI is InChI=1S/C15H15ClN2OS/c16-12-5-4-6-13(11-12)17-15(20)18(9-10-19)14-7-2-1-3-8-14/h1-8,11,19H,9-10H2,(H,17,20). The van der Waals surface area contributed by atoms with Crippen LogP contribution in [0.1, 0.15) is 0 Å². The molecular formula is C15H15ClN2OS. The number of hydrogen-bond acceptors (Lipinski definition) is 2. The van der Waals surface area contributed by atoms with Gasteiger partial charge >= 0.3 is 0 Å². The third kappa shape index (κ3) is 3.93. The molecule has 0 aromatic heterocycles. The first-order valence-corrected chi connectivity index (χ1v) is 6.99. The number of aliphatic hydroxyl groups excluding tert-OH is 1. The first kappa shape index (κ1) is 14.8. The minimum atomic E-state index is 0.0201. The van der Waals surface area contributed by atoms with Crippen LogP contribution in [0.25, 0.3) is 0 Å². The summed E-state index contributed by atoms with van der Waals surface area (Å²) in [5, 5.41) is 13.5. The number of aliphatic hydroxyl groups is 1. The lowest BCUT2D eigenvalue weighted by molar-refractivity contribution is 0.306. The molecule has 2 aromatic carbocycles. The second kappa shape index (κ2) is 7.24. The number of nitrogens with one attached hydrogen (secondary N) is 1. The van der Waals surface area contributed by atoms with Gasteiger partial charge in [0.1, 0.15) is 0 Å². The third-order valence-corrected chi connectivity index (χ3v) is 3.27. The van der Waals surface area contributed by atoms with E-state index in [1.807, 2.05) is 47.4 Å². The van der Waals surface area contributed by atoms with Gasteiger partial charge in [-0.2, -0.15) is 0 Å². The smallest absolute Gasteiger partial charge is 0.178 e. The Morgan fingerprint density at radius 3 is 2.55 bits per heavy atom. The van der Waals surface area contributed by atoms with Crippen molar-refractivity contribution >= 4 is 40.3 Å². The summed E-state index contributed by atoms with van der Waals surface area (Å²) in [7, 11) is 0. The van der Waals surface area contributed by atoms with Crippen molar-refractivity contribution in [2.45, 2.75) is 0 Å². The number of halogens is 1. The van der Waals surface area contributed by atoms with E-state index >= 15 is 0 Å². The fourth-order valence-electron chi connectivity index (χ4n) is 1.81. The summed E-state index contributed by atoms with van der Waals surface area (Å²) >= 11 is 11.4. The Kier molecular flexibility index (Phi) is 5.35. The molecule has 2 aromatic rings. The van der Waals surface area contributed by atoms with Crippen LogP contribution in [0.5, 0.6) is 0 Å². The van der Waals surface area contributed by atoms with Crippen molar-refractivity contribution in [2.75, 3.05) is 23.4 Å². The Hall–Kier alpha value is -1.62. The Morgan fingerprint density at radius 1 is 1.15 bits per heavy atom. The van der Waals surface area contributed by atoms with Crippen LogP contribution < -0.4 is 10.2 Å². The number of benzene rings is 2. The maximum atomic E-state index is 9.21. The van der Waals surface area contributed by atoms with Crippen molar-refractivity contribution in [1.29, 1.82) is 0 Å². The maximum Gasteiger partial charge on any atom is 0.178 e. The first-order chi connectivity index (χ1) is 9.70. The van der Waals surface area contributed by atoms with Gasteiger partial charge in [0.25, 0.3) is 0 Å². The molecule has 0 atom stereocenters. The fourth-order valence-corrected chi connectivity index (χ4v) is 2.32. The van der Waals surface area contributed by atoms with Crippen LogP contribution in [0.4, 0.5) is 11.4 Å². The zero-order valence-corrected chi connectivity index (χ0v) is 12.4. The average molecular weight is 307 g/mol. The van der Waals surface area contributed by atoms with Crippen LogP contribution in [-0.2, 0) is 0 Å². The van der Waals surface area contributed by atoms with Gasteiger partial charge in [0.2, 0.25) is 0 Å². The van der Waals surface area contributed by atoms with E-state index in [1.54, 1.807) is 12.1 Å². The molecule has 20 heavy (non-hydrogen) atoms. The quantitative estimate of drug-likeness (QED) is 0.847. The predicted molar refractivity (Wildman–Crippen MR) is 88.5 cm³/mol. The number of anilines is 2. The molecule has 0 heterocycles. The lowest BCUT2D eigenvalue weighted by Gasteiger charge is -2.25. The Morgan fingerprint density at radius 2 is 1.90 bits per heavy atom. The van der Waals surface area contributed by atoms with Gasteiger partial charge in [-0.1, -0.05) is 35.9 Å². The SMILES string of the molecule is OCCN(C(=S)Nc1cccc(Cl)c1)c1ccccc1. The largest absolute Gasteiger partial charge is 0.395 e. The molecule has 104 valence electrons. The van der Waals surface area contributed by atoms with E-state index in [-0.39, 0.29) is 6.61 Å².